The Labute approximate surface area is 148 Å². The van der Waals surface area contributed by atoms with Gasteiger partial charge < -0.3 is 15.3 Å². The molecule has 3 rings (SSSR count). The van der Waals surface area contributed by atoms with Gasteiger partial charge >= 0.3 is 12.0 Å². The maximum Gasteiger partial charge on any atom is 0.323 e. The van der Waals surface area contributed by atoms with Crippen molar-refractivity contribution in [3.8, 4) is 0 Å². The molecule has 1 aliphatic carbocycles. The number of carboxylic acids is 1. The highest BCUT2D eigenvalue weighted by Crippen LogP contribution is 2.29. The lowest BCUT2D eigenvalue weighted by Gasteiger charge is -2.33. The smallest absolute Gasteiger partial charge is 0.323 e. The lowest BCUT2D eigenvalue weighted by atomic mass is 10.0. The molecule has 2 fully saturated rings. The molecule has 0 atom stereocenters. The summed E-state index contributed by atoms with van der Waals surface area (Å²) in [6.07, 6.45) is 4.01. The van der Waals surface area contributed by atoms with E-state index in [1.54, 1.807) is 0 Å². The van der Waals surface area contributed by atoms with Crippen LogP contribution in [0.2, 0.25) is 0 Å². The second kappa shape index (κ2) is 8.34. The molecule has 1 saturated heterocycles. The van der Waals surface area contributed by atoms with Crippen LogP contribution in [0.25, 0.3) is 0 Å². The van der Waals surface area contributed by atoms with Gasteiger partial charge in [0.2, 0.25) is 0 Å². The van der Waals surface area contributed by atoms with Crippen LogP contribution in [0.5, 0.6) is 0 Å². The molecule has 0 aromatic heterocycles. The molecule has 2 N–H and O–H groups in total. The molecule has 1 aromatic rings. The SMILES string of the molecule is O=C(O)CN(CC1CC1)C(=O)NC1CCN(Cc2ccccc2)CC1. The molecule has 6 heteroatoms. The van der Waals surface area contributed by atoms with Gasteiger partial charge in [0.05, 0.1) is 0 Å². The quantitative estimate of drug-likeness (QED) is 0.794. The van der Waals surface area contributed by atoms with Crippen molar-refractivity contribution < 1.29 is 14.7 Å². The minimum absolute atomic E-state index is 0.134. The van der Waals surface area contributed by atoms with Gasteiger partial charge in [-0.2, -0.15) is 0 Å². The van der Waals surface area contributed by atoms with Gasteiger partial charge in [-0.25, -0.2) is 4.79 Å². The molecule has 1 saturated carbocycles. The van der Waals surface area contributed by atoms with Gasteiger partial charge in [-0.05, 0) is 37.2 Å². The Morgan fingerprint density at radius 1 is 1.12 bits per heavy atom. The van der Waals surface area contributed by atoms with E-state index in [0.29, 0.717) is 12.5 Å². The van der Waals surface area contributed by atoms with E-state index in [-0.39, 0.29) is 18.6 Å². The van der Waals surface area contributed by atoms with Crippen molar-refractivity contribution >= 4 is 12.0 Å². The third-order valence-corrected chi connectivity index (χ3v) is 4.95. The zero-order chi connectivity index (χ0) is 17.6. The molecular formula is C19H27N3O3. The zero-order valence-corrected chi connectivity index (χ0v) is 14.6. The first kappa shape index (κ1) is 17.7. The number of nitrogens with zero attached hydrogens (tertiary/aromatic N) is 2. The van der Waals surface area contributed by atoms with Gasteiger partial charge in [-0.15, -0.1) is 0 Å². The molecule has 0 unspecified atom stereocenters. The number of piperidine rings is 1. The number of urea groups is 1. The summed E-state index contributed by atoms with van der Waals surface area (Å²) in [6.45, 7) is 3.18. The van der Waals surface area contributed by atoms with E-state index in [2.05, 4.69) is 34.5 Å². The van der Waals surface area contributed by atoms with Crippen LogP contribution in [0.3, 0.4) is 0 Å². The lowest BCUT2D eigenvalue weighted by molar-refractivity contribution is -0.137. The number of hydrogen-bond donors (Lipinski definition) is 2. The number of nitrogens with one attached hydrogen (secondary N) is 1. The van der Waals surface area contributed by atoms with E-state index in [1.165, 1.54) is 10.5 Å². The number of carbonyl (C=O) groups is 2. The van der Waals surface area contributed by atoms with Gasteiger partial charge in [0.15, 0.2) is 0 Å². The molecule has 1 heterocycles. The van der Waals surface area contributed by atoms with Gasteiger partial charge in [0.1, 0.15) is 6.54 Å². The average molecular weight is 345 g/mol. The summed E-state index contributed by atoms with van der Waals surface area (Å²) in [7, 11) is 0. The van der Waals surface area contributed by atoms with E-state index in [0.717, 1.165) is 45.3 Å². The highest BCUT2D eigenvalue weighted by molar-refractivity contribution is 5.80. The van der Waals surface area contributed by atoms with E-state index < -0.39 is 5.97 Å². The lowest BCUT2D eigenvalue weighted by Crippen LogP contribution is -2.50. The summed E-state index contributed by atoms with van der Waals surface area (Å²) in [5.74, 6) is -0.466. The Kier molecular flexibility index (Phi) is 5.91. The molecule has 1 aromatic carbocycles. The first-order valence-electron chi connectivity index (χ1n) is 9.13. The van der Waals surface area contributed by atoms with Crippen LogP contribution in [0.4, 0.5) is 4.79 Å². The minimum atomic E-state index is -0.950. The molecule has 25 heavy (non-hydrogen) atoms. The van der Waals surface area contributed by atoms with Crippen LogP contribution in [0.15, 0.2) is 30.3 Å². The highest BCUT2D eigenvalue weighted by Gasteiger charge is 2.29. The summed E-state index contributed by atoms with van der Waals surface area (Å²) in [6, 6.07) is 10.3. The maximum absolute atomic E-state index is 12.4. The monoisotopic (exact) mass is 345 g/mol. The third-order valence-electron chi connectivity index (χ3n) is 4.95. The van der Waals surface area contributed by atoms with Crippen molar-refractivity contribution in [1.82, 2.24) is 15.1 Å². The predicted octanol–water partition coefficient (Wildman–Crippen LogP) is 2.16. The van der Waals surface area contributed by atoms with Gasteiger partial charge in [-0.1, -0.05) is 30.3 Å². The first-order valence-corrected chi connectivity index (χ1v) is 9.13. The number of carboxylic acid groups (broad SMARTS) is 1. The first-order chi connectivity index (χ1) is 12.1. The van der Waals surface area contributed by atoms with Crippen LogP contribution >= 0.6 is 0 Å². The van der Waals surface area contributed by atoms with Gasteiger partial charge in [-0.3, -0.25) is 9.69 Å². The largest absolute Gasteiger partial charge is 0.480 e. The van der Waals surface area contributed by atoms with Crippen LogP contribution in [-0.2, 0) is 11.3 Å². The second-order valence-corrected chi connectivity index (χ2v) is 7.20. The van der Waals surface area contributed by atoms with Gasteiger partial charge in [0, 0.05) is 32.2 Å². The molecule has 2 aliphatic rings. The standard InChI is InChI=1S/C19H27N3O3/c23-18(24)14-22(13-16-6-7-16)19(25)20-17-8-10-21(11-9-17)12-15-4-2-1-3-5-15/h1-5,16-17H,6-14H2,(H,20,25)(H,23,24). The number of amides is 2. The average Bonchev–Trinajstić information content (AvgIpc) is 3.41. The van der Waals surface area contributed by atoms with Crippen molar-refractivity contribution in [1.29, 1.82) is 0 Å². The fraction of sp³-hybridized carbons (Fsp3) is 0.579. The Hall–Kier alpha value is -2.08. The fourth-order valence-electron chi connectivity index (χ4n) is 3.34. The van der Waals surface area contributed by atoms with E-state index in [4.69, 9.17) is 5.11 Å². The zero-order valence-electron chi connectivity index (χ0n) is 14.6. The summed E-state index contributed by atoms with van der Waals surface area (Å²) < 4.78 is 0. The Morgan fingerprint density at radius 3 is 2.40 bits per heavy atom. The Balaban J connectivity index is 1.44. The second-order valence-electron chi connectivity index (χ2n) is 7.20. The van der Waals surface area contributed by atoms with Crippen molar-refractivity contribution in [3.63, 3.8) is 0 Å². The van der Waals surface area contributed by atoms with Crippen molar-refractivity contribution in [3.05, 3.63) is 35.9 Å². The number of likely N-dealkylation sites (tertiary alicyclic amines) is 1. The minimum Gasteiger partial charge on any atom is -0.480 e. The summed E-state index contributed by atoms with van der Waals surface area (Å²) in [5.41, 5.74) is 1.31. The van der Waals surface area contributed by atoms with E-state index >= 15 is 0 Å². The Morgan fingerprint density at radius 2 is 1.80 bits per heavy atom. The molecule has 136 valence electrons. The topological polar surface area (TPSA) is 72.9 Å². The number of aliphatic carboxylic acids is 1. The number of benzene rings is 1. The fourth-order valence-corrected chi connectivity index (χ4v) is 3.34. The normalized spacial score (nSPS) is 18.7. The predicted molar refractivity (Wildman–Crippen MR) is 95.2 cm³/mol. The van der Waals surface area contributed by atoms with Crippen molar-refractivity contribution in [2.45, 2.75) is 38.3 Å². The Bertz CT molecular complexity index is 581. The summed E-state index contributed by atoms with van der Waals surface area (Å²) in [4.78, 5) is 27.3. The highest BCUT2D eigenvalue weighted by atomic mass is 16.4. The molecule has 2 amide bonds. The molecule has 6 nitrogen and oxygen atoms in total. The van der Waals surface area contributed by atoms with Crippen LogP contribution in [0, 0.1) is 5.92 Å². The number of rotatable bonds is 7. The molecule has 0 radical (unpaired) electrons. The maximum atomic E-state index is 12.4. The van der Waals surface area contributed by atoms with E-state index in [9.17, 15) is 9.59 Å². The number of hydrogen-bond acceptors (Lipinski definition) is 3. The van der Waals surface area contributed by atoms with Crippen molar-refractivity contribution in [2.75, 3.05) is 26.2 Å². The van der Waals surface area contributed by atoms with Crippen LogP contribution in [0.1, 0.15) is 31.2 Å². The number of carbonyl (C=O) groups excluding carboxylic acids is 1. The summed E-state index contributed by atoms with van der Waals surface area (Å²) >= 11 is 0. The van der Waals surface area contributed by atoms with E-state index in [1.807, 2.05) is 6.07 Å². The molecule has 0 spiro atoms. The molecular weight excluding hydrogens is 318 g/mol. The molecule has 1 aliphatic heterocycles. The summed E-state index contributed by atoms with van der Waals surface area (Å²) in [5, 5.41) is 12.1. The van der Waals surface area contributed by atoms with Crippen LogP contribution < -0.4 is 5.32 Å². The van der Waals surface area contributed by atoms with Gasteiger partial charge in [0.25, 0.3) is 0 Å². The van der Waals surface area contributed by atoms with Crippen molar-refractivity contribution in [2.24, 2.45) is 5.92 Å². The third kappa shape index (κ3) is 5.74. The van der Waals surface area contributed by atoms with Crippen LogP contribution in [-0.4, -0.2) is 59.1 Å². The molecule has 0 bridgehead atoms.